The average Bonchev–Trinajstić information content (AvgIpc) is 2.44. The minimum atomic E-state index is -0.669. The summed E-state index contributed by atoms with van der Waals surface area (Å²) in [5.74, 6) is -0.593. The smallest absolute Gasteiger partial charge is 0.408 e. The number of anilines is 2. The molecule has 0 aliphatic heterocycles. The molecule has 1 aromatic rings. The Labute approximate surface area is 148 Å². The first-order chi connectivity index (χ1) is 11.4. The monoisotopic (exact) mass is 349 g/mol. The van der Waals surface area contributed by atoms with Crippen LogP contribution in [0.3, 0.4) is 0 Å². The molecule has 3 amide bonds. The fourth-order valence-electron chi connectivity index (χ4n) is 1.67. The summed E-state index contributed by atoms with van der Waals surface area (Å²) >= 11 is 0. The van der Waals surface area contributed by atoms with Crippen LogP contribution in [0.2, 0.25) is 0 Å². The second-order valence-electron chi connectivity index (χ2n) is 7.65. The number of hydrogen-bond donors (Lipinski definition) is 3. The Morgan fingerprint density at radius 2 is 1.44 bits per heavy atom. The van der Waals surface area contributed by atoms with Gasteiger partial charge in [-0.2, -0.15) is 0 Å². The average molecular weight is 349 g/mol. The molecular formula is C18H27N3O4. The number of amides is 3. The summed E-state index contributed by atoms with van der Waals surface area (Å²) < 4.78 is 5.07. The van der Waals surface area contributed by atoms with Crippen LogP contribution in [-0.4, -0.2) is 30.1 Å². The molecule has 7 nitrogen and oxygen atoms in total. The number of para-hydroxylation sites is 2. The molecule has 0 aliphatic rings. The lowest BCUT2D eigenvalue weighted by Gasteiger charge is -2.20. The molecule has 0 saturated heterocycles. The van der Waals surface area contributed by atoms with Crippen LogP contribution < -0.4 is 16.0 Å². The van der Waals surface area contributed by atoms with Crippen molar-refractivity contribution in [2.24, 2.45) is 5.41 Å². The highest BCUT2D eigenvalue weighted by molar-refractivity contribution is 6.01. The zero-order valence-electron chi connectivity index (χ0n) is 15.6. The summed E-state index contributed by atoms with van der Waals surface area (Å²) in [6.07, 6.45) is -0.669. The second kappa shape index (κ2) is 8.00. The molecule has 0 radical (unpaired) electrons. The van der Waals surface area contributed by atoms with Crippen LogP contribution >= 0.6 is 0 Å². The molecule has 0 aliphatic carbocycles. The molecule has 0 heterocycles. The summed E-state index contributed by atoms with van der Waals surface area (Å²) in [4.78, 5) is 35.7. The van der Waals surface area contributed by atoms with Gasteiger partial charge < -0.3 is 20.7 Å². The van der Waals surface area contributed by atoms with Gasteiger partial charge in [-0.25, -0.2) is 4.79 Å². The summed E-state index contributed by atoms with van der Waals surface area (Å²) in [6.45, 7) is 10.4. The van der Waals surface area contributed by atoms with Crippen LogP contribution in [0.25, 0.3) is 0 Å². The van der Waals surface area contributed by atoms with E-state index in [1.165, 1.54) is 0 Å². The zero-order valence-corrected chi connectivity index (χ0v) is 15.6. The van der Waals surface area contributed by atoms with Gasteiger partial charge in [-0.3, -0.25) is 9.59 Å². The first kappa shape index (κ1) is 20.5. The van der Waals surface area contributed by atoms with Gasteiger partial charge in [0.25, 0.3) is 0 Å². The van der Waals surface area contributed by atoms with Gasteiger partial charge in [-0.05, 0) is 32.9 Å². The summed E-state index contributed by atoms with van der Waals surface area (Å²) in [7, 11) is 0. The van der Waals surface area contributed by atoms with E-state index in [2.05, 4.69) is 16.0 Å². The van der Waals surface area contributed by atoms with E-state index >= 15 is 0 Å². The van der Waals surface area contributed by atoms with Crippen LogP contribution in [0.1, 0.15) is 41.5 Å². The van der Waals surface area contributed by atoms with Gasteiger partial charge in [0.15, 0.2) is 0 Å². The van der Waals surface area contributed by atoms with E-state index < -0.39 is 23.0 Å². The van der Waals surface area contributed by atoms with E-state index in [0.29, 0.717) is 11.4 Å². The lowest BCUT2D eigenvalue weighted by molar-refractivity contribution is -0.123. The minimum Gasteiger partial charge on any atom is -0.444 e. The predicted molar refractivity (Wildman–Crippen MR) is 97.4 cm³/mol. The van der Waals surface area contributed by atoms with E-state index in [1.807, 2.05) is 0 Å². The highest BCUT2D eigenvalue weighted by atomic mass is 16.6. The van der Waals surface area contributed by atoms with Crippen molar-refractivity contribution < 1.29 is 19.1 Å². The van der Waals surface area contributed by atoms with Gasteiger partial charge in [0.05, 0.1) is 11.4 Å². The molecular weight excluding hydrogens is 322 g/mol. The molecule has 1 aromatic carbocycles. The van der Waals surface area contributed by atoms with Crippen LogP contribution in [0.5, 0.6) is 0 Å². The second-order valence-corrected chi connectivity index (χ2v) is 7.65. The van der Waals surface area contributed by atoms with Crippen LogP contribution in [0.15, 0.2) is 24.3 Å². The van der Waals surface area contributed by atoms with E-state index in [0.717, 1.165) is 0 Å². The molecule has 3 N–H and O–H groups in total. The fourth-order valence-corrected chi connectivity index (χ4v) is 1.67. The van der Waals surface area contributed by atoms with Crippen molar-refractivity contribution in [1.82, 2.24) is 5.32 Å². The van der Waals surface area contributed by atoms with Crippen molar-refractivity contribution in [2.45, 2.75) is 47.1 Å². The number of rotatable bonds is 4. The molecule has 0 aromatic heterocycles. The van der Waals surface area contributed by atoms with E-state index in [1.54, 1.807) is 65.8 Å². The van der Waals surface area contributed by atoms with Crippen molar-refractivity contribution in [3.05, 3.63) is 24.3 Å². The predicted octanol–water partition coefficient (Wildman–Crippen LogP) is 3.13. The van der Waals surface area contributed by atoms with Crippen molar-refractivity contribution >= 4 is 29.3 Å². The van der Waals surface area contributed by atoms with E-state index in [4.69, 9.17) is 4.74 Å². The Kier molecular flexibility index (Phi) is 6.55. The first-order valence-corrected chi connectivity index (χ1v) is 8.06. The summed E-state index contributed by atoms with van der Waals surface area (Å²) in [5.41, 5.74) is -0.246. The number of ether oxygens (including phenoxy) is 1. The molecule has 0 saturated carbocycles. The summed E-state index contributed by atoms with van der Waals surface area (Å²) in [5, 5.41) is 7.83. The number of alkyl carbamates (subject to hydrolysis) is 1. The molecule has 0 atom stereocenters. The zero-order chi connectivity index (χ0) is 19.3. The number of carbonyl (C=O) groups excluding carboxylic acids is 3. The van der Waals surface area contributed by atoms with Crippen molar-refractivity contribution in [3.63, 3.8) is 0 Å². The van der Waals surface area contributed by atoms with Gasteiger partial charge in [-0.1, -0.05) is 32.9 Å². The fraction of sp³-hybridized carbons (Fsp3) is 0.500. The van der Waals surface area contributed by atoms with Gasteiger partial charge in [0.2, 0.25) is 11.8 Å². The molecule has 0 fully saturated rings. The Morgan fingerprint density at radius 3 is 1.92 bits per heavy atom. The highest BCUT2D eigenvalue weighted by Gasteiger charge is 2.22. The number of nitrogens with one attached hydrogen (secondary N) is 3. The topological polar surface area (TPSA) is 96.5 Å². The minimum absolute atomic E-state index is 0.166. The number of benzene rings is 1. The van der Waals surface area contributed by atoms with Crippen molar-refractivity contribution in [2.75, 3.05) is 17.2 Å². The van der Waals surface area contributed by atoms with E-state index in [9.17, 15) is 14.4 Å². The van der Waals surface area contributed by atoms with Gasteiger partial charge in [-0.15, -0.1) is 0 Å². The lowest BCUT2D eigenvalue weighted by atomic mass is 9.95. The molecule has 7 heteroatoms. The maximum Gasteiger partial charge on any atom is 0.408 e. The third-order valence-electron chi connectivity index (χ3n) is 2.92. The number of hydrogen-bond acceptors (Lipinski definition) is 4. The molecule has 138 valence electrons. The van der Waals surface area contributed by atoms with Crippen LogP contribution in [-0.2, 0) is 14.3 Å². The maximum atomic E-state index is 12.1. The number of carbonyl (C=O) groups is 3. The third kappa shape index (κ3) is 7.69. The highest BCUT2D eigenvalue weighted by Crippen LogP contribution is 2.24. The summed E-state index contributed by atoms with van der Waals surface area (Å²) in [6, 6.07) is 6.86. The van der Waals surface area contributed by atoms with Gasteiger partial charge >= 0.3 is 6.09 Å². The van der Waals surface area contributed by atoms with Crippen LogP contribution in [0, 0.1) is 5.41 Å². The molecule has 1 rings (SSSR count). The van der Waals surface area contributed by atoms with E-state index in [-0.39, 0.29) is 12.5 Å². The molecule has 0 unspecified atom stereocenters. The van der Waals surface area contributed by atoms with Gasteiger partial charge in [0.1, 0.15) is 12.1 Å². The maximum absolute atomic E-state index is 12.1. The molecule has 25 heavy (non-hydrogen) atoms. The Balaban J connectivity index is 2.66. The quantitative estimate of drug-likeness (QED) is 0.778. The van der Waals surface area contributed by atoms with Crippen molar-refractivity contribution in [1.29, 1.82) is 0 Å². The Bertz CT molecular complexity index is 642. The molecule has 0 spiro atoms. The largest absolute Gasteiger partial charge is 0.444 e. The normalized spacial score (nSPS) is 11.4. The third-order valence-corrected chi connectivity index (χ3v) is 2.92. The molecule has 0 bridgehead atoms. The standard InChI is InChI=1S/C18H27N3O4/c1-17(2,3)15(23)21-13-10-8-7-9-12(13)20-14(22)11-19-16(24)25-18(4,5)6/h7-10H,11H2,1-6H3,(H,19,24)(H,20,22)(H,21,23). The Morgan fingerprint density at radius 1 is 0.920 bits per heavy atom. The first-order valence-electron chi connectivity index (χ1n) is 8.06. The SMILES string of the molecule is CC(C)(C)OC(=O)NCC(=O)Nc1ccccc1NC(=O)C(C)(C)C. The van der Waals surface area contributed by atoms with Crippen LogP contribution in [0.4, 0.5) is 16.2 Å². The van der Waals surface area contributed by atoms with Gasteiger partial charge in [0, 0.05) is 5.41 Å². The lowest BCUT2D eigenvalue weighted by Crippen LogP contribution is -2.37. The Hall–Kier alpha value is -2.57. The van der Waals surface area contributed by atoms with Crippen molar-refractivity contribution in [3.8, 4) is 0 Å².